The topological polar surface area (TPSA) is 12.5 Å². The van der Waals surface area contributed by atoms with Gasteiger partial charge in [0.05, 0.1) is 6.61 Å². The van der Waals surface area contributed by atoms with Gasteiger partial charge in [-0.05, 0) is 43.4 Å². The smallest absolute Gasteiger partial charge is 0.0503 e. The van der Waals surface area contributed by atoms with Crippen molar-refractivity contribution in [1.82, 2.24) is 4.90 Å². The lowest BCUT2D eigenvalue weighted by atomic mass is 9.69. The highest BCUT2D eigenvalue weighted by Gasteiger charge is 2.50. The van der Waals surface area contributed by atoms with Crippen LogP contribution in [0.3, 0.4) is 0 Å². The molecule has 2 aliphatic rings. The molecule has 1 aliphatic carbocycles. The van der Waals surface area contributed by atoms with Crippen molar-refractivity contribution in [3.8, 4) is 0 Å². The van der Waals surface area contributed by atoms with Crippen LogP contribution in [0.2, 0.25) is 0 Å². The Bertz CT molecular complexity index is 656. The third-order valence-electron chi connectivity index (χ3n) is 6.20. The van der Waals surface area contributed by atoms with Crippen molar-refractivity contribution in [1.29, 1.82) is 0 Å². The van der Waals surface area contributed by atoms with Crippen molar-refractivity contribution in [2.75, 3.05) is 20.3 Å². The summed E-state index contributed by atoms with van der Waals surface area (Å²) in [7, 11) is 2.29. The zero-order valence-electron chi connectivity index (χ0n) is 14.5. The molecule has 2 aromatic rings. The van der Waals surface area contributed by atoms with Crippen molar-refractivity contribution in [2.45, 2.75) is 37.3 Å². The molecule has 126 valence electrons. The molecule has 1 saturated carbocycles. The van der Waals surface area contributed by atoms with Crippen LogP contribution in [-0.2, 0) is 16.7 Å². The summed E-state index contributed by atoms with van der Waals surface area (Å²) in [4.78, 5) is 2.55. The van der Waals surface area contributed by atoms with E-state index in [0.29, 0.717) is 17.4 Å². The monoisotopic (exact) mass is 321 g/mol. The van der Waals surface area contributed by atoms with Gasteiger partial charge in [0.15, 0.2) is 0 Å². The minimum atomic E-state index is 0.315. The van der Waals surface area contributed by atoms with Gasteiger partial charge in [0, 0.05) is 24.6 Å². The molecule has 4 rings (SSSR count). The summed E-state index contributed by atoms with van der Waals surface area (Å²) in [6.45, 7) is 2.86. The van der Waals surface area contributed by atoms with E-state index >= 15 is 0 Å². The van der Waals surface area contributed by atoms with E-state index in [-0.39, 0.29) is 0 Å². The van der Waals surface area contributed by atoms with Gasteiger partial charge in [-0.15, -0.1) is 0 Å². The Hall–Kier alpha value is -1.64. The average Bonchev–Trinajstić information content (AvgIpc) is 3.04. The highest BCUT2D eigenvalue weighted by Crippen LogP contribution is 2.51. The fraction of sp³-hybridized carbons (Fsp3) is 0.455. The lowest BCUT2D eigenvalue weighted by Gasteiger charge is -2.40. The van der Waals surface area contributed by atoms with E-state index in [1.54, 1.807) is 0 Å². The van der Waals surface area contributed by atoms with Crippen molar-refractivity contribution in [3.63, 3.8) is 0 Å². The molecular weight excluding hydrogens is 294 g/mol. The second-order valence-corrected chi connectivity index (χ2v) is 7.54. The van der Waals surface area contributed by atoms with Crippen LogP contribution >= 0.6 is 0 Å². The van der Waals surface area contributed by atoms with E-state index in [2.05, 4.69) is 72.6 Å². The molecule has 0 spiro atoms. The fourth-order valence-electron chi connectivity index (χ4n) is 4.84. The van der Waals surface area contributed by atoms with Crippen molar-refractivity contribution in [3.05, 3.63) is 71.8 Å². The van der Waals surface area contributed by atoms with Gasteiger partial charge < -0.3 is 4.74 Å². The van der Waals surface area contributed by atoms with E-state index in [1.807, 2.05) is 0 Å². The SMILES string of the molecule is CN(Cc1ccccc1)[C@@H]1C[C@@H]2COCC[C@]2(c2ccccc2)C1. The zero-order chi connectivity index (χ0) is 16.4. The van der Waals surface area contributed by atoms with Gasteiger partial charge in [0.25, 0.3) is 0 Å². The molecule has 0 aromatic heterocycles. The van der Waals surface area contributed by atoms with Crippen LogP contribution in [0.1, 0.15) is 30.4 Å². The normalized spacial score (nSPS) is 29.6. The number of hydrogen-bond donors (Lipinski definition) is 0. The number of ether oxygens (including phenoxy) is 1. The zero-order valence-corrected chi connectivity index (χ0v) is 14.5. The number of fused-ring (bicyclic) bond motifs is 1. The first-order valence-electron chi connectivity index (χ1n) is 9.15. The number of nitrogens with zero attached hydrogens (tertiary/aromatic N) is 1. The number of hydrogen-bond acceptors (Lipinski definition) is 2. The highest BCUT2D eigenvalue weighted by atomic mass is 16.5. The van der Waals surface area contributed by atoms with E-state index < -0.39 is 0 Å². The summed E-state index contributed by atoms with van der Waals surface area (Å²) < 4.78 is 5.86. The predicted molar refractivity (Wildman–Crippen MR) is 98.0 cm³/mol. The second kappa shape index (κ2) is 6.70. The number of rotatable bonds is 4. The molecule has 2 heteroatoms. The minimum Gasteiger partial charge on any atom is -0.381 e. The van der Waals surface area contributed by atoms with Gasteiger partial charge in [-0.3, -0.25) is 4.90 Å². The van der Waals surface area contributed by atoms with Crippen molar-refractivity contribution >= 4 is 0 Å². The maximum absolute atomic E-state index is 5.86. The molecule has 2 nitrogen and oxygen atoms in total. The van der Waals surface area contributed by atoms with E-state index in [4.69, 9.17) is 4.74 Å². The Morgan fingerprint density at radius 1 is 1.04 bits per heavy atom. The fourth-order valence-corrected chi connectivity index (χ4v) is 4.84. The van der Waals surface area contributed by atoms with E-state index in [9.17, 15) is 0 Å². The first-order valence-corrected chi connectivity index (χ1v) is 9.15. The predicted octanol–water partition coefficient (Wildman–Crippen LogP) is 4.26. The Labute approximate surface area is 145 Å². The molecule has 1 heterocycles. The maximum atomic E-state index is 5.86. The molecule has 2 aromatic carbocycles. The molecule has 0 unspecified atom stereocenters. The largest absolute Gasteiger partial charge is 0.381 e. The van der Waals surface area contributed by atoms with Crippen molar-refractivity contribution in [2.24, 2.45) is 5.92 Å². The van der Waals surface area contributed by atoms with Crippen LogP contribution in [0.4, 0.5) is 0 Å². The van der Waals surface area contributed by atoms with E-state index in [1.165, 1.54) is 24.0 Å². The van der Waals surface area contributed by atoms with Crippen LogP contribution < -0.4 is 0 Å². The second-order valence-electron chi connectivity index (χ2n) is 7.54. The third-order valence-corrected chi connectivity index (χ3v) is 6.20. The summed E-state index contributed by atoms with van der Waals surface area (Å²) >= 11 is 0. The molecule has 0 amide bonds. The van der Waals surface area contributed by atoms with Gasteiger partial charge in [0.2, 0.25) is 0 Å². The van der Waals surface area contributed by atoms with Crippen LogP contribution in [0.15, 0.2) is 60.7 Å². The van der Waals surface area contributed by atoms with Gasteiger partial charge >= 0.3 is 0 Å². The summed E-state index contributed by atoms with van der Waals surface area (Å²) in [6.07, 6.45) is 3.67. The standard InChI is InChI=1S/C22H27NO/c1-23(16-18-8-4-2-5-9-18)21-14-20-17-24-13-12-22(20,15-21)19-10-6-3-7-11-19/h2-11,20-21H,12-17H2,1H3/t20-,21-,22-/m1/s1. The molecule has 0 N–H and O–H groups in total. The Morgan fingerprint density at radius 3 is 2.50 bits per heavy atom. The first-order chi connectivity index (χ1) is 11.8. The molecule has 0 radical (unpaired) electrons. The van der Waals surface area contributed by atoms with Crippen LogP contribution in [0.25, 0.3) is 0 Å². The quantitative estimate of drug-likeness (QED) is 0.834. The summed E-state index contributed by atoms with van der Waals surface area (Å²) in [5.41, 5.74) is 3.24. The average molecular weight is 321 g/mol. The van der Waals surface area contributed by atoms with Crippen LogP contribution in [0.5, 0.6) is 0 Å². The molecule has 3 atom stereocenters. The van der Waals surface area contributed by atoms with Crippen LogP contribution in [0, 0.1) is 5.92 Å². The Kier molecular flexibility index (Phi) is 4.43. The maximum Gasteiger partial charge on any atom is 0.0503 e. The van der Waals surface area contributed by atoms with Gasteiger partial charge in [0.1, 0.15) is 0 Å². The Morgan fingerprint density at radius 2 is 1.75 bits per heavy atom. The molecular formula is C22H27NO. The molecule has 0 bridgehead atoms. The highest BCUT2D eigenvalue weighted by molar-refractivity contribution is 5.30. The lowest BCUT2D eigenvalue weighted by Crippen LogP contribution is -2.39. The summed E-state index contributed by atoms with van der Waals surface area (Å²) in [6, 6.07) is 22.6. The van der Waals surface area contributed by atoms with Crippen LogP contribution in [-0.4, -0.2) is 31.2 Å². The minimum absolute atomic E-state index is 0.315. The summed E-state index contributed by atoms with van der Waals surface area (Å²) in [5.74, 6) is 0.650. The third kappa shape index (κ3) is 2.89. The van der Waals surface area contributed by atoms with E-state index in [0.717, 1.165) is 26.2 Å². The number of benzene rings is 2. The first kappa shape index (κ1) is 15.9. The lowest BCUT2D eigenvalue weighted by molar-refractivity contribution is 0.0124. The van der Waals surface area contributed by atoms with Crippen molar-refractivity contribution < 1.29 is 4.74 Å². The van der Waals surface area contributed by atoms with Gasteiger partial charge in [-0.2, -0.15) is 0 Å². The molecule has 2 fully saturated rings. The molecule has 1 saturated heterocycles. The van der Waals surface area contributed by atoms with Gasteiger partial charge in [-0.25, -0.2) is 0 Å². The molecule has 1 aliphatic heterocycles. The summed E-state index contributed by atoms with van der Waals surface area (Å²) in [5, 5.41) is 0. The van der Waals surface area contributed by atoms with Gasteiger partial charge in [-0.1, -0.05) is 60.7 Å². The Balaban J connectivity index is 1.55. The molecule has 24 heavy (non-hydrogen) atoms.